The van der Waals surface area contributed by atoms with Gasteiger partial charge in [-0.1, -0.05) is 78.9 Å². The number of primary amides is 1. The summed E-state index contributed by atoms with van der Waals surface area (Å²) in [6.45, 7) is 0. The molecular weight excluding hydrogens is 672 g/mol. The molecule has 4 atom stereocenters. The van der Waals surface area contributed by atoms with E-state index in [1.165, 1.54) is 0 Å². The Balaban J connectivity index is 1.58. The van der Waals surface area contributed by atoms with Crippen molar-refractivity contribution in [3.63, 3.8) is 0 Å². The highest BCUT2D eigenvalue weighted by Crippen LogP contribution is 2.19. The fourth-order valence-electron chi connectivity index (χ4n) is 5.55. The Bertz CT molecular complexity index is 1900. The van der Waals surface area contributed by atoms with Crippen LogP contribution in [-0.2, 0) is 52.8 Å². The van der Waals surface area contributed by atoms with Crippen molar-refractivity contribution in [2.24, 2.45) is 5.73 Å². The summed E-state index contributed by atoms with van der Waals surface area (Å²) in [4.78, 5) is 92.1. The van der Waals surface area contributed by atoms with E-state index in [-0.39, 0.29) is 19.3 Å². The second kappa shape index (κ2) is 18.5. The molecule has 0 aliphatic rings. The topological polar surface area (TPSA) is 250 Å². The van der Waals surface area contributed by atoms with Crippen LogP contribution in [0.15, 0.2) is 91.1 Å². The fraction of sp³-hybridized carbons (Fsp3) is 0.270. The fourth-order valence-corrected chi connectivity index (χ4v) is 5.55. The van der Waals surface area contributed by atoms with E-state index in [1.54, 1.807) is 72.9 Å². The third-order valence-corrected chi connectivity index (χ3v) is 8.19. The number of carbonyl (C=O) groups is 7. The Morgan fingerprint density at radius 2 is 1.08 bits per heavy atom. The molecule has 0 saturated heterocycles. The Hall–Kier alpha value is -6.51. The lowest BCUT2D eigenvalue weighted by molar-refractivity contribution is -0.141. The molecule has 9 N–H and O–H groups in total. The highest BCUT2D eigenvalue weighted by Gasteiger charge is 2.33. The van der Waals surface area contributed by atoms with Crippen LogP contribution in [0.3, 0.4) is 0 Å². The number of benzene rings is 3. The minimum atomic E-state index is -1.67. The smallest absolute Gasteiger partial charge is 0.305 e. The lowest BCUT2D eigenvalue weighted by Gasteiger charge is -2.26. The average Bonchev–Trinajstić information content (AvgIpc) is 3.52. The first-order valence-corrected chi connectivity index (χ1v) is 16.5. The molecule has 1 aromatic heterocycles. The number of nitrogens with one attached hydrogen (secondary N) is 5. The Morgan fingerprint density at radius 1 is 0.577 bits per heavy atom. The molecule has 0 aliphatic carbocycles. The first-order chi connectivity index (χ1) is 24.9. The van der Waals surface area contributed by atoms with Crippen LogP contribution in [-0.4, -0.2) is 80.8 Å². The molecule has 0 spiro atoms. The standard InChI is InChI=1S/C37H40N6O9/c38-34(49)27(17-22-9-3-1-4-10-22)41-37(52)30(20-33(47)48)43-35(50)28(18-23-11-5-2-6-12-23)42-36(51)29(40-31(44)15-16-32(45)46)19-24-21-39-26-14-8-7-13-25(24)26/h1-14,21,27-30,39H,15-20H2,(H2,38,49)(H,40,44)(H,41,52)(H,42,51)(H,43,50)(H,45,46)(H,47,48)/t27-,28-,29-,30-/m0/s1. The van der Waals surface area contributed by atoms with E-state index in [0.717, 1.165) is 10.9 Å². The molecule has 15 heteroatoms. The molecule has 0 radical (unpaired) electrons. The maximum atomic E-state index is 13.9. The van der Waals surface area contributed by atoms with Crippen molar-refractivity contribution in [3.05, 3.63) is 108 Å². The number of amides is 5. The summed E-state index contributed by atoms with van der Waals surface area (Å²) in [7, 11) is 0. The largest absolute Gasteiger partial charge is 0.481 e. The van der Waals surface area contributed by atoms with Gasteiger partial charge in [-0.2, -0.15) is 0 Å². The van der Waals surface area contributed by atoms with Crippen molar-refractivity contribution < 1.29 is 43.8 Å². The predicted octanol–water partition coefficient (Wildman–Crippen LogP) is 0.960. The number of hydrogen-bond donors (Lipinski definition) is 8. The second-order valence-electron chi connectivity index (χ2n) is 12.1. The molecule has 0 bridgehead atoms. The first kappa shape index (κ1) is 38.3. The van der Waals surface area contributed by atoms with Gasteiger partial charge in [-0.25, -0.2) is 0 Å². The third-order valence-electron chi connectivity index (χ3n) is 8.19. The molecule has 3 aromatic carbocycles. The van der Waals surface area contributed by atoms with Gasteiger partial charge >= 0.3 is 11.9 Å². The summed E-state index contributed by atoms with van der Waals surface area (Å²) in [5, 5.41) is 29.5. The molecule has 4 aromatic rings. The number of rotatable bonds is 19. The monoisotopic (exact) mass is 712 g/mol. The molecule has 5 amide bonds. The molecular formula is C37H40N6O9. The second-order valence-corrected chi connectivity index (χ2v) is 12.1. The normalized spacial score (nSPS) is 13.2. The zero-order valence-electron chi connectivity index (χ0n) is 28.0. The Labute approximate surface area is 298 Å². The average molecular weight is 713 g/mol. The van der Waals surface area contributed by atoms with Gasteiger partial charge < -0.3 is 42.2 Å². The zero-order valence-corrected chi connectivity index (χ0v) is 28.0. The summed E-state index contributed by atoms with van der Waals surface area (Å²) in [6, 6.07) is 19.0. The van der Waals surface area contributed by atoms with Crippen LogP contribution >= 0.6 is 0 Å². The number of hydrogen-bond acceptors (Lipinski definition) is 7. The van der Waals surface area contributed by atoms with Crippen LogP contribution in [0.25, 0.3) is 10.9 Å². The molecule has 0 fully saturated rings. The number of carbonyl (C=O) groups excluding carboxylic acids is 5. The SMILES string of the molecule is NC(=O)[C@H](Cc1ccccc1)NC(=O)[C@H](CC(=O)O)NC(=O)[C@H](Cc1ccccc1)NC(=O)[C@H](Cc1c[nH]c2ccccc12)NC(=O)CCC(=O)O. The number of carboxylic acids is 2. The molecule has 15 nitrogen and oxygen atoms in total. The number of H-pyrrole nitrogens is 1. The first-order valence-electron chi connectivity index (χ1n) is 16.5. The number of aromatic amines is 1. The van der Waals surface area contributed by atoms with E-state index >= 15 is 0 Å². The van der Waals surface area contributed by atoms with Crippen LogP contribution < -0.4 is 27.0 Å². The molecule has 272 valence electrons. The van der Waals surface area contributed by atoms with Crippen LogP contribution in [0.5, 0.6) is 0 Å². The van der Waals surface area contributed by atoms with Crippen LogP contribution in [0.2, 0.25) is 0 Å². The zero-order chi connectivity index (χ0) is 37.6. The van der Waals surface area contributed by atoms with Crippen molar-refractivity contribution in [2.75, 3.05) is 0 Å². The number of para-hydroxylation sites is 1. The van der Waals surface area contributed by atoms with Crippen LogP contribution in [0.1, 0.15) is 36.0 Å². The molecule has 0 unspecified atom stereocenters. The minimum absolute atomic E-state index is 0.0122. The Morgan fingerprint density at radius 3 is 1.65 bits per heavy atom. The predicted molar refractivity (Wildman–Crippen MR) is 188 cm³/mol. The van der Waals surface area contributed by atoms with Gasteiger partial charge in [0.25, 0.3) is 0 Å². The summed E-state index contributed by atoms with van der Waals surface area (Å²) in [5.74, 6) is -6.90. The molecule has 0 aliphatic heterocycles. The van der Waals surface area contributed by atoms with Gasteiger partial charge in [0.15, 0.2) is 0 Å². The van der Waals surface area contributed by atoms with Gasteiger partial charge in [0, 0.05) is 42.8 Å². The van der Waals surface area contributed by atoms with Crippen molar-refractivity contribution >= 4 is 52.4 Å². The molecule has 0 saturated carbocycles. The quantitative estimate of drug-likeness (QED) is 0.0689. The van der Waals surface area contributed by atoms with E-state index in [2.05, 4.69) is 26.3 Å². The highest BCUT2D eigenvalue weighted by atomic mass is 16.4. The summed E-state index contributed by atoms with van der Waals surface area (Å²) >= 11 is 0. The van der Waals surface area contributed by atoms with Gasteiger partial charge in [-0.15, -0.1) is 0 Å². The molecule has 4 rings (SSSR count). The van der Waals surface area contributed by atoms with Gasteiger partial charge in [0.2, 0.25) is 29.5 Å². The van der Waals surface area contributed by atoms with Crippen LogP contribution in [0, 0.1) is 0 Å². The van der Waals surface area contributed by atoms with E-state index in [9.17, 15) is 38.7 Å². The number of carboxylic acid groups (broad SMARTS) is 2. The van der Waals surface area contributed by atoms with E-state index in [4.69, 9.17) is 10.8 Å². The van der Waals surface area contributed by atoms with Crippen molar-refractivity contribution in [3.8, 4) is 0 Å². The van der Waals surface area contributed by atoms with Crippen LogP contribution in [0.4, 0.5) is 0 Å². The highest BCUT2D eigenvalue weighted by molar-refractivity contribution is 5.97. The third kappa shape index (κ3) is 11.5. The molecule has 52 heavy (non-hydrogen) atoms. The number of nitrogens with two attached hydrogens (primary N) is 1. The lowest BCUT2D eigenvalue weighted by atomic mass is 10.0. The summed E-state index contributed by atoms with van der Waals surface area (Å²) in [6.07, 6.45) is -0.167. The number of fused-ring (bicyclic) bond motifs is 1. The van der Waals surface area contributed by atoms with Gasteiger partial charge in [0.1, 0.15) is 24.2 Å². The van der Waals surface area contributed by atoms with Gasteiger partial charge in [-0.3, -0.25) is 33.6 Å². The van der Waals surface area contributed by atoms with Gasteiger partial charge in [-0.05, 0) is 22.8 Å². The maximum Gasteiger partial charge on any atom is 0.305 e. The number of aliphatic carboxylic acids is 2. The van der Waals surface area contributed by atoms with Crippen molar-refractivity contribution in [1.29, 1.82) is 0 Å². The molecule has 1 heterocycles. The van der Waals surface area contributed by atoms with E-state index in [1.807, 2.05) is 18.2 Å². The maximum absolute atomic E-state index is 13.9. The lowest BCUT2D eigenvalue weighted by Crippen LogP contribution is -2.59. The summed E-state index contributed by atoms with van der Waals surface area (Å²) in [5.41, 5.74) is 8.26. The number of aromatic nitrogens is 1. The van der Waals surface area contributed by atoms with Gasteiger partial charge in [0.05, 0.1) is 12.8 Å². The van der Waals surface area contributed by atoms with E-state index < -0.39 is 84.9 Å². The van der Waals surface area contributed by atoms with E-state index in [0.29, 0.717) is 16.7 Å². The van der Waals surface area contributed by atoms with Crippen molar-refractivity contribution in [1.82, 2.24) is 26.3 Å². The summed E-state index contributed by atoms with van der Waals surface area (Å²) < 4.78 is 0. The van der Waals surface area contributed by atoms with Crippen molar-refractivity contribution in [2.45, 2.75) is 62.7 Å². The Kier molecular flexibility index (Phi) is 13.6. The minimum Gasteiger partial charge on any atom is -0.481 e.